The number of carbonyl (C=O) groups excluding carboxylic acids is 6. The maximum Gasteiger partial charge on any atom is 0.255 e. The Morgan fingerprint density at radius 2 is 0.839 bits per heavy atom. The van der Waals surface area contributed by atoms with Gasteiger partial charge in [0, 0.05) is 98.5 Å². The minimum absolute atomic E-state index is 0.0421. The van der Waals surface area contributed by atoms with Crippen LogP contribution in [0.4, 0.5) is 59.3 Å². The van der Waals surface area contributed by atoms with Gasteiger partial charge >= 0.3 is 0 Å². The quantitative estimate of drug-likeness (QED) is 0.0129. The van der Waals surface area contributed by atoms with E-state index in [0.29, 0.717) is 124 Å². The van der Waals surface area contributed by atoms with Crippen molar-refractivity contribution >= 4 is 115 Å². The van der Waals surface area contributed by atoms with Gasteiger partial charge in [-0.15, -0.1) is 0 Å². The molecule has 0 aliphatic carbocycles. The normalized spacial score (nSPS) is 13.4. The number of pyridine rings is 5. The van der Waals surface area contributed by atoms with Crippen LogP contribution < -0.4 is 59.7 Å². The zero-order valence-corrected chi connectivity index (χ0v) is 65.8. The number of rotatable bonds is 27. The largest absolute Gasteiger partial charge is 0.396 e. The lowest BCUT2D eigenvalue weighted by Crippen LogP contribution is -2.37. The molecule has 0 radical (unpaired) electrons. The molecular formula is C82H100BrClF3N19O6. The van der Waals surface area contributed by atoms with Gasteiger partial charge in [0.05, 0.1) is 50.8 Å². The van der Waals surface area contributed by atoms with E-state index in [-0.39, 0.29) is 34.8 Å². The Hall–Kier alpha value is -11.1. The third-order valence-electron chi connectivity index (χ3n) is 17.6. The number of likely N-dealkylation sites (tertiary alicyclic amines) is 3. The molecule has 5 amide bonds. The van der Waals surface area contributed by atoms with Gasteiger partial charge in [-0.1, -0.05) is 50.6 Å². The van der Waals surface area contributed by atoms with Crippen molar-refractivity contribution in [3.8, 4) is 33.8 Å². The van der Waals surface area contributed by atoms with E-state index in [0.717, 1.165) is 75.5 Å². The summed E-state index contributed by atoms with van der Waals surface area (Å²) < 4.78 is 44.0. The molecule has 0 atom stereocenters. The number of aromatic nitrogens is 5. The number of nitrogens with two attached hydrogens (primary N) is 3. The standard InChI is InChI=1S/C29H34FN7O2.C24H30FN5O2.C21H28FN5O.C5H5BrN2.C3H3ClO/c1-2-32-28-22(29(39)33-14-17-37-15-4-3-5-16-37)9-11-24(36-28)21-8-10-25(23(30)18-21)35-27(38)13-7-20-6-12-26(31)34-19-20;1-3-22(31)28-21-10-8-17(16-19(21)25)20-11-9-18(23(29-20)26-4-2)24(32)27-12-15-30-13-6-5-7-14-30;1-2-24-20-16(21(28)25-10-13-27-11-4-3-5-12-27)7-9-19(26-20)15-6-8-18(23)17(22)14-15;6-4-1-2-5(7)8-3-4;1-2-3(4)5/h6-13,18-19H,2-5,14-17H2,1H3,(H2,31,34)(H,32,36)(H,33,39)(H,35,38);3,8-11,16H,1,4-7,12-15H2,2H3,(H,26,29)(H,27,32)(H,28,31);6-9,14H,2-5,10-13,23H2,1H3,(H,24,26)(H,25,28);1-3H,(H2,7,8);2H,1H2/b13-7+;;;;. The summed E-state index contributed by atoms with van der Waals surface area (Å²) in [7, 11) is 0. The molecule has 0 saturated carbocycles. The number of nitrogens with zero attached hydrogens (tertiary/aromatic N) is 8. The zero-order chi connectivity index (χ0) is 80.7. The minimum Gasteiger partial charge on any atom is -0.396 e. The summed E-state index contributed by atoms with van der Waals surface area (Å²) in [6, 6.07) is 30.6. The summed E-state index contributed by atoms with van der Waals surface area (Å²) >= 11 is 7.93. The second-order valence-corrected chi connectivity index (χ2v) is 27.2. The van der Waals surface area contributed by atoms with Crippen LogP contribution in [0.25, 0.3) is 39.8 Å². The maximum absolute atomic E-state index is 14.9. The van der Waals surface area contributed by atoms with Crippen molar-refractivity contribution < 1.29 is 41.9 Å². The topological polar surface area (TPSA) is 351 Å². The minimum atomic E-state index is -0.602. The van der Waals surface area contributed by atoms with Gasteiger partial charge in [0.15, 0.2) is 0 Å². The Morgan fingerprint density at radius 3 is 1.16 bits per heavy atom. The fraction of sp³-hybridized carbons (Fsp3) is 0.329. The van der Waals surface area contributed by atoms with Crippen molar-refractivity contribution in [3.63, 3.8) is 0 Å². The molecule has 3 aromatic carbocycles. The summed E-state index contributed by atoms with van der Waals surface area (Å²) in [5.41, 5.74) is 21.9. The Morgan fingerprint density at radius 1 is 0.473 bits per heavy atom. The number of nitrogen functional groups attached to an aromatic ring is 3. The molecule has 25 nitrogen and oxygen atoms in total. The highest BCUT2D eigenvalue weighted by Crippen LogP contribution is 2.30. The summed E-state index contributed by atoms with van der Waals surface area (Å²) in [5.74, 6) is -0.872. The van der Waals surface area contributed by atoms with E-state index in [9.17, 15) is 41.9 Å². The molecule has 3 aliphatic heterocycles. The van der Waals surface area contributed by atoms with Gasteiger partial charge in [-0.25, -0.2) is 38.1 Å². The molecule has 5 aromatic heterocycles. The number of halogens is 5. The van der Waals surface area contributed by atoms with E-state index in [1.807, 2.05) is 26.8 Å². The number of hydrogen-bond donors (Lipinski definition) is 11. The van der Waals surface area contributed by atoms with Crippen molar-refractivity contribution in [2.75, 3.05) is 142 Å². The highest BCUT2D eigenvalue weighted by atomic mass is 79.9. The van der Waals surface area contributed by atoms with Gasteiger partial charge in [0.25, 0.3) is 17.7 Å². The summed E-state index contributed by atoms with van der Waals surface area (Å²) in [6.07, 6.45) is 19.3. The maximum atomic E-state index is 14.9. The van der Waals surface area contributed by atoms with Crippen LogP contribution in [-0.2, 0) is 14.4 Å². The van der Waals surface area contributed by atoms with E-state index >= 15 is 0 Å². The number of anilines is 8. The van der Waals surface area contributed by atoms with Gasteiger partial charge in [-0.3, -0.25) is 28.8 Å². The van der Waals surface area contributed by atoms with Crippen molar-refractivity contribution in [2.24, 2.45) is 0 Å². The average molecular weight is 1620 g/mol. The van der Waals surface area contributed by atoms with E-state index < -0.39 is 34.5 Å². The molecule has 8 aromatic rings. The number of amides is 5. The Bertz CT molecular complexity index is 4450. The smallest absolute Gasteiger partial charge is 0.255 e. The molecule has 0 bridgehead atoms. The van der Waals surface area contributed by atoms with Gasteiger partial charge in [-0.05, 0) is 247 Å². The number of carbonyl (C=O) groups is 6. The summed E-state index contributed by atoms with van der Waals surface area (Å²) in [6.45, 7) is 24.8. The monoisotopic (exact) mass is 1620 g/mol. The molecule has 30 heteroatoms. The first-order chi connectivity index (χ1) is 54.1. The second kappa shape index (κ2) is 47.2. The van der Waals surface area contributed by atoms with Crippen molar-refractivity contribution in [1.82, 2.24) is 55.6 Å². The fourth-order valence-corrected chi connectivity index (χ4v) is 12.0. The number of allylic oxidation sites excluding steroid dienone is 1. The lowest BCUT2D eigenvalue weighted by molar-refractivity contribution is -0.112. The second-order valence-electron chi connectivity index (χ2n) is 25.9. The Balaban J connectivity index is 0.000000217. The van der Waals surface area contributed by atoms with Crippen LogP contribution >= 0.6 is 27.5 Å². The zero-order valence-electron chi connectivity index (χ0n) is 63.5. The van der Waals surface area contributed by atoms with Crippen LogP contribution in [-0.4, -0.2) is 173 Å². The predicted molar refractivity (Wildman–Crippen MR) is 446 cm³/mol. The third kappa shape index (κ3) is 29.6. The molecular weight excluding hydrogens is 1520 g/mol. The first kappa shape index (κ1) is 88.1. The molecule has 11 rings (SSSR count). The predicted octanol–water partition coefficient (Wildman–Crippen LogP) is 13.3. The summed E-state index contributed by atoms with van der Waals surface area (Å²) in [4.78, 5) is 99.9. The fourth-order valence-electron chi connectivity index (χ4n) is 11.8. The van der Waals surface area contributed by atoms with Crippen molar-refractivity contribution in [3.05, 3.63) is 203 Å². The lowest BCUT2D eigenvalue weighted by atomic mass is 10.1. The van der Waals surface area contributed by atoms with E-state index in [4.69, 9.17) is 28.8 Å². The van der Waals surface area contributed by atoms with Crippen LogP contribution in [0.1, 0.15) is 115 Å². The number of nitrogens with one attached hydrogen (secondary N) is 8. The molecule has 8 heterocycles. The third-order valence-corrected chi connectivity index (χ3v) is 18.2. The molecule has 3 fully saturated rings. The van der Waals surface area contributed by atoms with Gasteiger partial charge in [-0.2, -0.15) is 0 Å². The van der Waals surface area contributed by atoms with Gasteiger partial charge in [0.1, 0.15) is 46.5 Å². The van der Waals surface area contributed by atoms with Gasteiger partial charge in [0.2, 0.25) is 17.1 Å². The average Bonchev–Trinajstić information content (AvgIpc) is 0.820. The SMILES string of the molecule is C=CC(=O)Cl.C=CC(=O)Nc1ccc(-c2ccc(C(=O)NCCN3CCCCC3)c(NCC)n2)cc1F.CCNc1nc(-c2ccc(N)c(F)c2)ccc1C(=O)NCCN1CCCCC1.CCNc1nc(-c2ccc(NC(=O)/C=C/c3ccc(N)nc3)c(F)c2)ccc1C(=O)NCCN1CCCCC1.Nc1ccc(Br)cn1. The van der Waals surface area contributed by atoms with Crippen LogP contribution in [0.2, 0.25) is 0 Å². The highest BCUT2D eigenvalue weighted by Gasteiger charge is 2.21. The van der Waals surface area contributed by atoms with Crippen LogP contribution in [0.5, 0.6) is 0 Å². The first-order valence-electron chi connectivity index (χ1n) is 37.3. The number of piperidine rings is 3. The molecule has 14 N–H and O–H groups in total. The number of hydrogen-bond acceptors (Lipinski definition) is 20. The molecule has 0 unspecified atom stereocenters. The highest BCUT2D eigenvalue weighted by molar-refractivity contribution is 9.10. The van der Waals surface area contributed by atoms with Crippen molar-refractivity contribution in [2.45, 2.75) is 78.6 Å². The van der Waals surface area contributed by atoms with E-state index in [1.165, 1.54) is 106 Å². The van der Waals surface area contributed by atoms with Crippen LogP contribution in [0, 0.1) is 17.5 Å². The molecule has 0 spiro atoms. The van der Waals surface area contributed by atoms with Crippen LogP contribution in [0.3, 0.4) is 0 Å². The number of benzene rings is 3. The van der Waals surface area contributed by atoms with Crippen LogP contribution in [0.15, 0.2) is 164 Å². The molecule has 3 saturated heterocycles. The Labute approximate surface area is 665 Å². The van der Waals surface area contributed by atoms with Crippen molar-refractivity contribution in [1.29, 1.82) is 0 Å². The molecule has 112 heavy (non-hydrogen) atoms. The van der Waals surface area contributed by atoms with Gasteiger partial charge < -0.3 is 74.4 Å². The lowest BCUT2D eigenvalue weighted by Gasteiger charge is -2.26. The summed E-state index contributed by atoms with van der Waals surface area (Å²) in [5, 5.41) is 22.8. The molecule has 594 valence electrons. The van der Waals surface area contributed by atoms with E-state index in [1.54, 1.807) is 85.1 Å². The Kier molecular flexibility index (Phi) is 37.1. The van der Waals surface area contributed by atoms with E-state index in [2.05, 4.69) is 111 Å². The first-order valence-corrected chi connectivity index (χ1v) is 38.5. The molecule has 3 aliphatic rings.